The van der Waals surface area contributed by atoms with Crippen molar-refractivity contribution >= 4 is 34.5 Å². The molecule has 0 spiro atoms. The number of ether oxygens (including phenoxy) is 1. The number of anilines is 1. The molecule has 5 rings (SSSR count). The van der Waals surface area contributed by atoms with Crippen molar-refractivity contribution in [3.63, 3.8) is 0 Å². The molecule has 0 N–H and O–H groups in total. The molecule has 3 heterocycles. The molecule has 0 bridgehead atoms. The van der Waals surface area contributed by atoms with E-state index in [-0.39, 0.29) is 12.1 Å². The van der Waals surface area contributed by atoms with Crippen molar-refractivity contribution in [2.24, 2.45) is 0 Å². The molecule has 0 radical (unpaired) electrons. The largest absolute Gasteiger partial charge is 0.444 e. The van der Waals surface area contributed by atoms with Crippen molar-refractivity contribution in [2.45, 2.75) is 58.1 Å². The lowest BCUT2D eigenvalue weighted by molar-refractivity contribution is 0.0218. The second-order valence-electron chi connectivity index (χ2n) is 10.1. The van der Waals surface area contributed by atoms with Gasteiger partial charge in [0.2, 0.25) is 0 Å². The average molecular weight is 468 g/mol. The predicted molar refractivity (Wildman–Crippen MR) is 130 cm³/mol. The summed E-state index contributed by atoms with van der Waals surface area (Å²) in [6.45, 7) is 9.71. The van der Waals surface area contributed by atoms with Gasteiger partial charge in [-0.25, -0.2) is 14.8 Å². The van der Waals surface area contributed by atoms with Crippen LogP contribution in [0.25, 0.3) is 16.7 Å². The maximum Gasteiger partial charge on any atom is 0.410 e. The van der Waals surface area contributed by atoms with Crippen LogP contribution in [-0.4, -0.2) is 56.8 Å². The molecule has 1 saturated carbocycles. The Morgan fingerprint density at radius 3 is 2.48 bits per heavy atom. The molecule has 1 saturated heterocycles. The number of hydrogen-bond acceptors (Lipinski definition) is 5. The number of carbonyl (C=O) groups is 1. The molecule has 1 atom stereocenters. The summed E-state index contributed by atoms with van der Waals surface area (Å²) in [6, 6.07) is 7.94. The second-order valence-corrected chi connectivity index (χ2v) is 10.5. The Morgan fingerprint density at radius 2 is 1.85 bits per heavy atom. The van der Waals surface area contributed by atoms with Crippen LogP contribution >= 0.6 is 11.6 Å². The molecule has 2 aromatic heterocycles. The molecule has 3 aromatic rings. The smallest absolute Gasteiger partial charge is 0.410 e. The van der Waals surface area contributed by atoms with Gasteiger partial charge in [-0.15, -0.1) is 0 Å². The predicted octanol–water partition coefficient (Wildman–Crippen LogP) is 5.40. The van der Waals surface area contributed by atoms with Crippen LogP contribution in [0.3, 0.4) is 0 Å². The standard InChI is InChI=1S/C25H30ClN5O2/c1-16-13-29(24(32)33-25(2,3)4)11-12-30(16)22-21-20(17-5-6-17)14-31(23(21)28-15-27-22)19-9-7-18(26)8-10-19/h7-10,14-17H,5-6,11-13H2,1-4H3/t16-/m1/s1. The third kappa shape index (κ3) is 4.38. The van der Waals surface area contributed by atoms with Gasteiger partial charge in [0.05, 0.1) is 5.39 Å². The molecule has 1 aromatic carbocycles. The topological polar surface area (TPSA) is 63.5 Å². The third-order valence-corrected chi connectivity index (χ3v) is 6.52. The van der Waals surface area contributed by atoms with Gasteiger partial charge in [0.15, 0.2) is 0 Å². The Hall–Kier alpha value is -2.80. The normalized spacial score (nSPS) is 19.2. The van der Waals surface area contributed by atoms with Crippen molar-refractivity contribution in [1.82, 2.24) is 19.4 Å². The molecule has 8 heteroatoms. The Balaban J connectivity index is 1.49. The van der Waals surface area contributed by atoms with Crippen LogP contribution in [0.2, 0.25) is 5.02 Å². The second kappa shape index (κ2) is 8.20. The van der Waals surface area contributed by atoms with E-state index in [0.29, 0.717) is 30.6 Å². The van der Waals surface area contributed by atoms with Crippen molar-refractivity contribution in [3.8, 4) is 5.69 Å². The van der Waals surface area contributed by atoms with Gasteiger partial charge in [-0.2, -0.15) is 0 Å². The molecule has 0 unspecified atom stereocenters. The number of aromatic nitrogens is 3. The number of benzene rings is 1. The van der Waals surface area contributed by atoms with Crippen LogP contribution < -0.4 is 4.90 Å². The first-order valence-electron chi connectivity index (χ1n) is 11.6. The Morgan fingerprint density at radius 1 is 1.12 bits per heavy atom. The van der Waals surface area contributed by atoms with Crippen LogP contribution in [0.1, 0.15) is 52.0 Å². The van der Waals surface area contributed by atoms with Crippen molar-refractivity contribution in [2.75, 3.05) is 24.5 Å². The third-order valence-electron chi connectivity index (χ3n) is 6.27. The maximum atomic E-state index is 12.6. The molecule has 1 aliphatic heterocycles. The molecule has 2 aliphatic rings. The molecule has 174 valence electrons. The number of piperazine rings is 1. The summed E-state index contributed by atoms with van der Waals surface area (Å²) in [5.74, 6) is 1.50. The van der Waals surface area contributed by atoms with Crippen LogP contribution in [-0.2, 0) is 4.74 Å². The summed E-state index contributed by atoms with van der Waals surface area (Å²) in [4.78, 5) is 26.1. The van der Waals surface area contributed by atoms with Crippen molar-refractivity contribution in [1.29, 1.82) is 0 Å². The average Bonchev–Trinajstić information content (AvgIpc) is 3.53. The summed E-state index contributed by atoms with van der Waals surface area (Å²) in [5, 5.41) is 1.83. The minimum absolute atomic E-state index is 0.107. The molecule has 1 aliphatic carbocycles. The van der Waals surface area contributed by atoms with E-state index in [0.717, 1.165) is 22.5 Å². The van der Waals surface area contributed by atoms with Gasteiger partial charge in [-0.05, 0) is 76.3 Å². The Kier molecular flexibility index (Phi) is 5.47. The molecular formula is C25H30ClN5O2. The maximum absolute atomic E-state index is 12.6. The monoisotopic (exact) mass is 467 g/mol. The van der Waals surface area contributed by atoms with E-state index in [2.05, 4.69) is 27.6 Å². The van der Waals surface area contributed by atoms with Crippen LogP contribution in [0, 0.1) is 0 Å². The SMILES string of the molecule is C[C@@H]1CN(C(=O)OC(C)(C)C)CCN1c1ncnc2c1c(C1CC1)cn2-c1ccc(Cl)cc1. The highest BCUT2D eigenvalue weighted by Crippen LogP contribution is 2.46. The first-order chi connectivity index (χ1) is 15.7. The van der Waals surface area contributed by atoms with Crippen molar-refractivity contribution in [3.05, 3.63) is 47.4 Å². The quantitative estimate of drug-likeness (QED) is 0.516. The summed E-state index contributed by atoms with van der Waals surface area (Å²) in [6.07, 6.45) is 5.99. The zero-order valence-corrected chi connectivity index (χ0v) is 20.3. The van der Waals surface area contributed by atoms with Gasteiger partial charge >= 0.3 is 6.09 Å². The van der Waals surface area contributed by atoms with Gasteiger partial charge < -0.3 is 19.1 Å². The number of amides is 1. The fourth-order valence-electron chi connectivity index (χ4n) is 4.56. The number of carbonyl (C=O) groups excluding carboxylic acids is 1. The van der Waals surface area contributed by atoms with Crippen molar-refractivity contribution < 1.29 is 9.53 Å². The van der Waals surface area contributed by atoms with E-state index in [4.69, 9.17) is 21.3 Å². The van der Waals surface area contributed by atoms with E-state index in [1.54, 1.807) is 11.2 Å². The number of nitrogens with zero attached hydrogens (tertiary/aromatic N) is 5. The fraction of sp³-hybridized carbons (Fsp3) is 0.480. The van der Waals surface area contributed by atoms with E-state index >= 15 is 0 Å². The van der Waals surface area contributed by atoms with Gasteiger partial charge in [0.1, 0.15) is 23.4 Å². The van der Waals surface area contributed by atoms with Gasteiger partial charge in [0, 0.05) is 42.6 Å². The highest BCUT2D eigenvalue weighted by Gasteiger charge is 2.34. The first-order valence-corrected chi connectivity index (χ1v) is 12.0. The number of halogens is 1. The summed E-state index contributed by atoms with van der Waals surface area (Å²) in [7, 11) is 0. The zero-order valence-electron chi connectivity index (χ0n) is 19.6. The van der Waals surface area contributed by atoms with Gasteiger partial charge in [-0.1, -0.05) is 11.6 Å². The number of rotatable bonds is 3. The highest BCUT2D eigenvalue weighted by molar-refractivity contribution is 6.30. The van der Waals surface area contributed by atoms with Crippen LogP contribution in [0.4, 0.5) is 10.6 Å². The molecular weight excluding hydrogens is 438 g/mol. The van der Waals surface area contributed by atoms with E-state index in [1.165, 1.54) is 18.4 Å². The molecule has 7 nitrogen and oxygen atoms in total. The lowest BCUT2D eigenvalue weighted by atomic mass is 10.1. The minimum atomic E-state index is -0.500. The lowest BCUT2D eigenvalue weighted by Gasteiger charge is -2.41. The summed E-state index contributed by atoms with van der Waals surface area (Å²) in [5.41, 5.74) is 2.74. The first kappa shape index (κ1) is 22.0. The summed E-state index contributed by atoms with van der Waals surface area (Å²) >= 11 is 6.12. The van der Waals surface area contributed by atoms with Gasteiger partial charge in [-0.3, -0.25) is 0 Å². The van der Waals surface area contributed by atoms with E-state index in [9.17, 15) is 4.79 Å². The minimum Gasteiger partial charge on any atom is -0.444 e. The van der Waals surface area contributed by atoms with Crippen LogP contribution in [0.5, 0.6) is 0 Å². The lowest BCUT2D eigenvalue weighted by Crippen LogP contribution is -2.54. The molecule has 2 fully saturated rings. The Labute approximate surface area is 199 Å². The number of fused-ring (bicyclic) bond motifs is 1. The number of hydrogen-bond donors (Lipinski definition) is 0. The fourth-order valence-corrected chi connectivity index (χ4v) is 4.68. The molecule has 33 heavy (non-hydrogen) atoms. The van der Waals surface area contributed by atoms with Crippen LogP contribution in [0.15, 0.2) is 36.8 Å². The highest BCUT2D eigenvalue weighted by atomic mass is 35.5. The van der Waals surface area contributed by atoms with E-state index in [1.807, 2.05) is 45.0 Å². The molecule has 1 amide bonds. The van der Waals surface area contributed by atoms with E-state index < -0.39 is 5.60 Å². The zero-order chi connectivity index (χ0) is 23.3. The summed E-state index contributed by atoms with van der Waals surface area (Å²) < 4.78 is 7.73. The Bertz CT molecular complexity index is 1180. The van der Waals surface area contributed by atoms with Gasteiger partial charge in [0.25, 0.3) is 0 Å².